The van der Waals surface area contributed by atoms with Gasteiger partial charge in [-0.25, -0.2) is 0 Å². The van der Waals surface area contributed by atoms with Gasteiger partial charge in [0.2, 0.25) is 0 Å². The van der Waals surface area contributed by atoms with Crippen LogP contribution in [-0.2, 0) is 0 Å². The molecule has 244 valence electrons. The Morgan fingerprint density at radius 3 is 1.12 bits per heavy atom. The Morgan fingerprint density at radius 2 is 0.738 bits per heavy atom. The van der Waals surface area contributed by atoms with Gasteiger partial charge in [-0.3, -0.25) is 0 Å². The van der Waals surface area contributed by atoms with E-state index < -0.39 is 7.26 Å². The van der Waals surface area contributed by atoms with Crippen molar-refractivity contribution in [3.63, 3.8) is 0 Å². The molecule has 0 spiro atoms. The van der Waals surface area contributed by atoms with Crippen LogP contribution in [0.4, 0.5) is 0 Å². The van der Waals surface area contributed by atoms with E-state index in [1.165, 1.54) is 139 Å². The van der Waals surface area contributed by atoms with Gasteiger partial charge >= 0.3 is 0 Å². The van der Waals surface area contributed by atoms with E-state index >= 15 is 0 Å². The van der Waals surface area contributed by atoms with Crippen LogP contribution in [0.5, 0.6) is 0 Å². The molecule has 1 heterocycles. The fourth-order valence-corrected chi connectivity index (χ4v) is 11.5. The van der Waals surface area contributed by atoms with Gasteiger partial charge in [0.25, 0.3) is 0 Å². The highest BCUT2D eigenvalue weighted by Gasteiger charge is 2.34. The Hall–Kier alpha value is -0.810. The second kappa shape index (κ2) is 28.9. The number of para-hydroxylation sites is 1. The molecule has 0 aliphatic carbocycles. The van der Waals surface area contributed by atoms with Crippen LogP contribution in [0, 0.1) is 0 Å². The van der Waals surface area contributed by atoms with Crippen LogP contribution in [0.15, 0.2) is 36.5 Å². The first kappa shape index (κ1) is 39.2. The van der Waals surface area contributed by atoms with Crippen molar-refractivity contribution in [1.29, 1.82) is 0 Å². The molecule has 0 saturated carbocycles. The van der Waals surface area contributed by atoms with Crippen molar-refractivity contribution in [2.45, 2.75) is 182 Å². The fraction of sp³-hybridized carbons (Fsp3) is 0.800. The third kappa shape index (κ3) is 21.0. The van der Waals surface area contributed by atoms with Gasteiger partial charge in [0.05, 0.1) is 24.6 Å². The molecule has 0 radical (unpaired) electrons. The highest BCUT2D eigenvalue weighted by molar-refractivity contribution is 7.75. The van der Waals surface area contributed by atoms with Gasteiger partial charge in [0.15, 0.2) is 0 Å². The van der Waals surface area contributed by atoms with E-state index in [9.17, 15) is 0 Å². The number of H-pyrrole nitrogens is 1. The monoisotopic (exact) mass is 601 g/mol. The second-order valence-electron chi connectivity index (χ2n) is 13.4. The summed E-state index contributed by atoms with van der Waals surface area (Å²) in [5.41, 5.74) is 1.21. The number of aromatic amines is 1. The molecule has 0 saturated heterocycles. The van der Waals surface area contributed by atoms with Gasteiger partial charge in [0.1, 0.15) is 0 Å². The molecule has 2 aromatic rings. The average molecular weight is 601 g/mol. The molecule has 0 atom stereocenters. The van der Waals surface area contributed by atoms with Crippen molar-refractivity contribution < 1.29 is 0 Å². The van der Waals surface area contributed by atoms with Crippen molar-refractivity contribution in [3.05, 3.63) is 36.5 Å². The van der Waals surface area contributed by atoms with Crippen molar-refractivity contribution in [2.24, 2.45) is 0 Å². The van der Waals surface area contributed by atoms with Crippen LogP contribution in [0.1, 0.15) is 182 Å². The summed E-state index contributed by atoms with van der Waals surface area (Å²) in [5.74, 6) is 0. The predicted molar refractivity (Wildman–Crippen MR) is 198 cm³/mol. The molecule has 0 bridgehead atoms. The summed E-state index contributed by atoms with van der Waals surface area (Å²) in [4.78, 5) is 3.12. The van der Waals surface area contributed by atoms with Crippen LogP contribution in [-0.4, -0.2) is 29.6 Å². The van der Waals surface area contributed by atoms with Crippen molar-refractivity contribution in [1.82, 2.24) is 4.98 Å². The van der Waals surface area contributed by atoms with Crippen LogP contribution < -0.4 is 0 Å². The number of hydrogen-bond donors (Lipinski definition) is 1. The molecule has 1 aromatic carbocycles. The molecule has 0 aliphatic heterocycles. The normalized spacial score (nSPS) is 11.6. The first-order chi connectivity index (χ1) is 20.7. The van der Waals surface area contributed by atoms with Gasteiger partial charge in [-0.2, -0.15) is 0 Å². The van der Waals surface area contributed by atoms with Gasteiger partial charge < -0.3 is 4.98 Å². The molecular formula is C40H75NP+. The molecule has 42 heavy (non-hydrogen) atoms. The lowest BCUT2D eigenvalue weighted by atomic mass is 10.1. The largest absolute Gasteiger partial charge is 0.361 e. The van der Waals surface area contributed by atoms with Crippen LogP contribution in [0.3, 0.4) is 0 Å². The highest BCUT2D eigenvalue weighted by atomic mass is 31.2. The smallest absolute Gasteiger partial charge is 0.0594 e. The van der Waals surface area contributed by atoms with Crippen molar-refractivity contribution in [3.8, 4) is 0 Å². The van der Waals surface area contributed by atoms with Crippen molar-refractivity contribution >= 4 is 18.2 Å². The molecular weight excluding hydrogens is 525 g/mol. The first-order valence-electron chi connectivity index (χ1n) is 19.1. The zero-order valence-corrected chi connectivity index (χ0v) is 30.1. The molecule has 0 amide bonds. The molecule has 2 rings (SSSR count). The maximum Gasteiger partial charge on any atom is 0.0594 e. The zero-order valence-electron chi connectivity index (χ0n) is 29.2. The molecule has 1 nitrogen and oxygen atoms in total. The number of hydrogen-bond acceptors (Lipinski definition) is 0. The van der Waals surface area contributed by atoms with E-state index in [4.69, 9.17) is 0 Å². The minimum Gasteiger partial charge on any atom is -0.361 e. The van der Waals surface area contributed by atoms with E-state index in [1.807, 2.05) is 18.3 Å². The maximum absolute atomic E-state index is 3.12. The third-order valence-corrected chi connectivity index (χ3v) is 14.5. The lowest BCUT2D eigenvalue weighted by Crippen LogP contribution is -2.13. The number of aromatic nitrogens is 1. The Balaban J connectivity index is 0.000000810. The van der Waals surface area contributed by atoms with Gasteiger partial charge in [-0.05, 0) is 68.9 Å². The molecule has 0 fully saturated rings. The summed E-state index contributed by atoms with van der Waals surface area (Å²) in [7, 11) is -0.697. The van der Waals surface area contributed by atoms with Gasteiger partial charge in [-0.1, -0.05) is 149 Å². The van der Waals surface area contributed by atoms with Crippen LogP contribution in [0.25, 0.3) is 10.9 Å². The second-order valence-corrected chi connectivity index (χ2v) is 17.8. The Morgan fingerprint density at radius 1 is 0.405 bits per heavy atom. The summed E-state index contributed by atoms with van der Waals surface area (Å²) in [5, 5.41) is 1.28. The minimum absolute atomic E-state index is 0.697. The van der Waals surface area contributed by atoms with E-state index in [2.05, 4.69) is 50.9 Å². The van der Waals surface area contributed by atoms with Gasteiger partial charge in [0, 0.05) is 19.0 Å². The van der Waals surface area contributed by atoms with Crippen molar-refractivity contribution in [2.75, 3.05) is 24.6 Å². The number of fused-ring (bicyclic) bond motifs is 1. The summed E-state index contributed by atoms with van der Waals surface area (Å²) < 4.78 is 0. The van der Waals surface area contributed by atoms with E-state index in [-0.39, 0.29) is 0 Å². The number of rotatable bonds is 28. The van der Waals surface area contributed by atoms with E-state index in [1.54, 1.807) is 50.3 Å². The SMILES string of the molecule is CCCCCCCCCCCCCC[P+](CCCCCC)(CCCCCC)CCCCCC.c1ccc2[nH]ccc2c1. The molecule has 1 N–H and O–H groups in total. The number of benzene rings is 1. The quantitative estimate of drug-likeness (QED) is 0.0738. The Labute approximate surface area is 265 Å². The topological polar surface area (TPSA) is 15.8 Å². The van der Waals surface area contributed by atoms with Crippen LogP contribution in [0.2, 0.25) is 0 Å². The highest BCUT2D eigenvalue weighted by Crippen LogP contribution is 2.61. The summed E-state index contributed by atoms with van der Waals surface area (Å²) in [6, 6.07) is 10.3. The lowest BCUT2D eigenvalue weighted by molar-refractivity contribution is 0.548. The number of unbranched alkanes of at least 4 members (excludes halogenated alkanes) is 20. The molecule has 2 heteroatoms. The minimum atomic E-state index is -0.697. The Bertz CT molecular complexity index is 734. The van der Waals surface area contributed by atoms with Crippen LogP contribution >= 0.6 is 7.26 Å². The standard InChI is InChI=1S/C32H68P.C8H7N/c1-5-9-13-17-18-19-20-21-22-23-24-28-32-33(29-25-14-10-6-2,30-26-15-11-7-3)31-27-16-12-8-4;1-2-4-8-7(3-1)5-6-9-8/h5-32H2,1-4H3;1-6,9H/q+1;. The lowest BCUT2D eigenvalue weighted by Gasteiger charge is -2.28. The summed E-state index contributed by atoms with van der Waals surface area (Å²) >= 11 is 0. The van der Waals surface area contributed by atoms with E-state index in [0.29, 0.717) is 0 Å². The number of nitrogens with one attached hydrogen (secondary N) is 1. The van der Waals surface area contributed by atoms with Gasteiger partial charge in [-0.15, -0.1) is 0 Å². The first-order valence-corrected chi connectivity index (χ1v) is 21.6. The summed E-state index contributed by atoms with van der Waals surface area (Å²) in [6.07, 6.45) is 44.0. The molecule has 0 aliphatic rings. The summed E-state index contributed by atoms with van der Waals surface area (Å²) in [6.45, 7) is 9.41. The molecule has 0 unspecified atom stereocenters. The zero-order chi connectivity index (χ0) is 30.4. The molecule has 1 aromatic heterocycles. The average Bonchev–Trinajstić information content (AvgIpc) is 3.50. The maximum atomic E-state index is 3.12. The van der Waals surface area contributed by atoms with E-state index in [0.717, 1.165) is 0 Å². The fourth-order valence-electron chi connectivity index (χ4n) is 6.58. The Kier molecular flexibility index (Phi) is 27.0. The predicted octanol–water partition coefficient (Wildman–Crippen LogP) is 14.6. The third-order valence-electron chi connectivity index (χ3n) is 9.41.